The molecule has 5 N–H and O–H groups in total. The first-order chi connectivity index (χ1) is 15.0. The summed E-state index contributed by atoms with van der Waals surface area (Å²) in [5.41, 5.74) is 13.2. The van der Waals surface area contributed by atoms with Crippen LogP contribution < -0.4 is 21.5 Å². The highest BCUT2D eigenvalue weighted by atomic mass is 16.5. The van der Waals surface area contributed by atoms with Crippen molar-refractivity contribution in [1.82, 2.24) is 5.32 Å². The Kier molecular flexibility index (Phi) is 6.62. The predicted molar refractivity (Wildman–Crippen MR) is 123 cm³/mol. The second-order valence-electron chi connectivity index (χ2n) is 9.37. The molecule has 0 aromatic heterocycles. The summed E-state index contributed by atoms with van der Waals surface area (Å²) in [7, 11) is 1.54. The molecule has 7 heteroatoms. The van der Waals surface area contributed by atoms with Crippen molar-refractivity contribution < 1.29 is 19.1 Å². The molecular weight excluding hydrogens is 406 g/mol. The average molecular weight is 440 g/mol. The van der Waals surface area contributed by atoms with Crippen LogP contribution in [0.4, 0.5) is 0 Å². The molecule has 7 nitrogen and oxygen atoms in total. The van der Waals surface area contributed by atoms with E-state index in [4.69, 9.17) is 20.9 Å². The fourth-order valence-corrected chi connectivity index (χ4v) is 4.78. The number of nitrogens with one attached hydrogen (secondary N) is 1. The van der Waals surface area contributed by atoms with Crippen molar-refractivity contribution >= 4 is 11.8 Å². The summed E-state index contributed by atoms with van der Waals surface area (Å²) in [6.45, 7) is 8.05. The fourth-order valence-electron chi connectivity index (χ4n) is 4.78. The number of para-hydroxylation sites is 1. The summed E-state index contributed by atoms with van der Waals surface area (Å²) in [6.07, 6.45) is 0. The highest BCUT2D eigenvalue weighted by molar-refractivity contribution is 5.96. The van der Waals surface area contributed by atoms with Crippen molar-refractivity contribution in [1.29, 1.82) is 0 Å². The maximum atomic E-state index is 12.5. The number of hydrogen-bond acceptors (Lipinski definition) is 5. The topological polar surface area (TPSA) is 117 Å². The Hall–Kier alpha value is -2.90. The molecule has 2 amide bonds. The summed E-state index contributed by atoms with van der Waals surface area (Å²) in [4.78, 5) is 24.9. The fraction of sp³-hybridized carbons (Fsp3) is 0.440. The van der Waals surface area contributed by atoms with Crippen molar-refractivity contribution in [3.8, 4) is 5.75 Å². The van der Waals surface area contributed by atoms with Gasteiger partial charge in [0.25, 0.3) is 5.91 Å². The van der Waals surface area contributed by atoms with Crippen LogP contribution in [-0.2, 0) is 16.1 Å². The molecule has 1 fully saturated rings. The lowest BCUT2D eigenvalue weighted by Crippen LogP contribution is -2.65. The summed E-state index contributed by atoms with van der Waals surface area (Å²) >= 11 is 0. The van der Waals surface area contributed by atoms with E-state index in [1.54, 1.807) is 18.2 Å². The van der Waals surface area contributed by atoms with Gasteiger partial charge in [-0.3, -0.25) is 9.59 Å². The Morgan fingerprint density at radius 3 is 2.25 bits per heavy atom. The smallest absolute Gasteiger partial charge is 0.255 e. The number of carbonyl (C=O) groups is 2. The lowest BCUT2D eigenvalue weighted by molar-refractivity contribution is -0.197. The van der Waals surface area contributed by atoms with E-state index >= 15 is 0 Å². The quantitative estimate of drug-likeness (QED) is 0.640. The SMILES string of the molecule is COc1ccccc1C(=O)NCc1ccc(C2C(C(N)=O)C(N)C(C)(C)OC2(C)C)cc1. The lowest BCUT2D eigenvalue weighted by Gasteiger charge is -2.53. The summed E-state index contributed by atoms with van der Waals surface area (Å²) < 4.78 is 11.6. The molecule has 1 heterocycles. The minimum atomic E-state index is -0.678. The molecule has 0 radical (unpaired) electrons. The molecule has 1 saturated heterocycles. The van der Waals surface area contributed by atoms with E-state index in [1.807, 2.05) is 58.0 Å². The third-order valence-corrected chi connectivity index (χ3v) is 6.30. The van der Waals surface area contributed by atoms with Crippen LogP contribution in [0.5, 0.6) is 5.75 Å². The molecule has 1 aliphatic rings. The number of nitrogens with two attached hydrogens (primary N) is 2. The molecule has 3 rings (SSSR count). The van der Waals surface area contributed by atoms with E-state index in [-0.39, 0.29) is 11.8 Å². The monoisotopic (exact) mass is 439 g/mol. The summed E-state index contributed by atoms with van der Waals surface area (Å²) in [6, 6.07) is 14.3. The number of primary amides is 1. The maximum Gasteiger partial charge on any atom is 0.255 e. The molecule has 0 saturated carbocycles. The van der Waals surface area contributed by atoms with Gasteiger partial charge in [-0.1, -0.05) is 36.4 Å². The maximum absolute atomic E-state index is 12.5. The Morgan fingerprint density at radius 1 is 1.03 bits per heavy atom. The molecule has 32 heavy (non-hydrogen) atoms. The minimum absolute atomic E-state index is 0.213. The lowest BCUT2D eigenvalue weighted by atomic mass is 9.66. The Balaban J connectivity index is 1.78. The Bertz CT molecular complexity index is 985. The highest BCUT2D eigenvalue weighted by Gasteiger charge is 2.54. The molecule has 2 aromatic carbocycles. The van der Waals surface area contributed by atoms with Crippen LogP contribution in [-0.4, -0.2) is 36.2 Å². The number of methoxy groups -OCH3 is 1. The normalized spacial score (nSPS) is 23.9. The molecule has 0 aliphatic carbocycles. The van der Waals surface area contributed by atoms with Crippen molar-refractivity contribution in [2.45, 2.75) is 57.4 Å². The van der Waals surface area contributed by atoms with Gasteiger partial charge in [0, 0.05) is 18.5 Å². The van der Waals surface area contributed by atoms with E-state index < -0.39 is 29.1 Å². The average Bonchev–Trinajstić information content (AvgIpc) is 2.73. The first kappa shape index (κ1) is 23.8. The van der Waals surface area contributed by atoms with Gasteiger partial charge in [-0.2, -0.15) is 0 Å². The molecule has 172 valence electrons. The van der Waals surface area contributed by atoms with Crippen molar-refractivity contribution in [3.05, 3.63) is 65.2 Å². The number of carbonyl (C=O) groups excluding carboxylic acids is 2. The van der Waals surface area contributed by atoms with Crippen LogP contribution in [0, 0.1) is 5.92 Å². The first-order valence-corrected chi connectivity index (χ1v) is 10.7. The van der Waals surface area contributed by atoms with Crippen LogP contribution >= 0.6 is 0 Å². The number of rotatable bonds is 6. The van der Waals surface area contributed by atoms with E-state index in [0.29, 0.717) is 17.9 Å². The van der Waals surface area contributed by atoms with Crippen molar-refractivity contribution in [2.75, 3.05) is 7.11 Å². The first-order valence-electron chi connectivity index (χ1n) is 10.7. The van der Waals surface area contributed by atoms with Crippen LogP contribution in [0.25, 0.3) is 0 Å². The molecule has 2 aromatic rings. The molecule has 0 spiro atoms. The van der Waals surface area contributed by atoms with E-state index in [9.17, 15) is 9.59 Å². The van der Waals surface area contributed by atoms with Crippen molar-refractivity contribution in [3.63, 3.8) is 0 Å². The molecule has 3 atom stereocenters. The van der Waals surface area contributed by atoms with Gasteiger partial charge in [-0.25, -0.2) is 0 Å². The second kappa shape index (κ2) is 8.92. The zero-order valence-corrected chi connectivity index (χ0v) is 19.3. The van der Waals surface area contributed by atoms with E-state index in [1.165, 1.54) is 7.11 Å². The van der Waals surface area contributed by atoms with E-state index in [2.05, 4.69) is 5.32 Å². The van der Waals surface area contributed by atoms with Crippen LogP contribution in [0.15, 0.2) is 48.5 Å². The van der Waals surface area contributed by atoms with Gasteiger partial charge in [0.05, 0.1) is 29.8 Å². The van der Waals surface area contributed by atoms with Crippen LogP contribution in [0.1, 0.15) is 55.1 Å². The Morgan fingerprint density at radius 2 is 1.66 bits per heavy atom. The Labute approximate surface area is 189 Å². The largest absolute Gasteiger partial charge is 0.496 e. The van der Waals surface area contributed by atoms with E-state index in [0.717, 1.165) is 11.1 Å². The van der Waals surface area contributed by atoms with Gasteiger partial charge in [-0.05, 0) is 51.0 Å². The number of amides is 2. The second-order valence-corrected chi connectivity index (χ2v) is 9.37. The van der Waals surface area contributed by atoms with Gasteiger partial charge in [0.15, 0.2) is 0 Å². The number of ether oxygens (including phenoxy) is 2. The minimum Gasteiger partial charge on any atom is -0.496 e. The molecular formula is C25H33N3O4. The van der Waals surface area contributed by atoms with Crippen LogP contribution in [0.2, 0.25) is 0 Å². The van der Waals surface area contributed by atoms with Crippen LogP contribution in [0.3, 0.4) is 0 Å². The van der Waals surface area contributed by atoms with Gasteiger partial charge >= 0.3 is 0 Å². The molecule has 1 aliphatic heterocycles. The van der Waals surface area contributed by atoms with Gasteiger partial charge < -0.3 is 26.3 Å². The molecule has 3 unspecified atom stereocenters. The standard InChI is InChI=1S/C25H33N3O4/c1-24(2)20(19(22(27)29)21(26)25(3,4)32-24)16-12-10-15(11-13-16)14-28-23(30)17-8-6-7-9-18(17)31-5/h6-13,19-21H,14,26H2,1-5H3,(H2,27,29)(H,28,30). The van der Waals surface area contributed by atoms with Gasteiger partial charge in [-0.15, -0.1) is 0 Å². The zero-order chi connectivity index (χ0) is 23.7. The number of benzene rings is 2. The third kappa shape index (κ3) is 4.64. The number of hydrogen-bond donors (Lipinski definition) is 3. The van der Waals surface area contributed by atoms with Gasteiger partial charge in [0.2, 0.25) is 5.91 Å². The summed E-state index contributed by atoms with van der Waals surface area (Å²) in [5, 5.41) is 2.91. The zero-order valence-electron chi connectivity index (χ0n) is 19.3. The highest BCUT2D eigenvalue weighted by Crippen LogP contribution is 2.47. The van der Waals surface area contributed by atoms with Gasteiger partial charge in [0.1, 0.15) is 5.75 Å². The predicted octanol–water partition coefficient (Wildman–Crippen LogP) is 2.73. The molecule has 0 bridgehead atoms. The van der Waals surface area contributed by atoms with Crippen molar-refractivity contribution in [2.24, 2.45) is 17.4 Å². The third-order valence-electron chi connectivity index (χ3n) is 6.30. The summed E-state index contributed by atoms with van der Waals surface area (Å²) in [5.74, 6) is -0.975.